The van der Waals surface area contributed by atoms with Crippen LogP contribution in [0.4, 0.5) is 19.0 Å². The molecule has 1 amide bonds. The third kappa shape index (κ3) is 4.63. The molecule has 0 radical (unpaired) electrons. The highest BCUT2D eigenvalue weighted by atomic mass is 32.2. The highest BCUT2D eigenvalue weighted by Crippen LogP contribution is 2.44. The van der Waals surface area contributed by atoms with Crippen molar-refractivity contribution in [2.75, 3.05) is 30.3 Å². The van der Waals surface area contributed by atoms with Crippen LogP contribution in [-0.2, 0) is 18.0 Å². The number of alkyl halides is 3. The van der Waals surface area contributed by atoms with Gasteiger partial charge in [-0.15, -0.1) is 11.8 Å². The van der Waals surface area contributed by atoms with Crippen molar-refractivity contribution < 1.29 is 18.0 Å². The number of anilines is 1. The van der Waals surface area contributed by atoms with Gasteiger partial charge in [0.25, 0.3) is 0 Å². The molecule has 1 aromatic carbocycles. The van der Waals surface area contributed by atoms with E-state index in [1.807, 2.05) is 23.6 Å². The van der Waals surface area contributed by atoms with Crippen LogP contribution in [0.1, 0.15) is 31.5 Å². The normalized spacial score (nSPS) is 20.8. The van der Waals surface area contributed by atoms with E-state index in [1.54, 1.807) is 37.0 Å². The summed E-state index contributed by atoms with van der Waals surface area (Å²) in [5.41, 5.74) is 1.13. The van der Waals surface area contributed by atoms with Crippen molar-refractivity contribution >= 4 is 34.4 Å². The third-order valence-corrected chi connectivity index (χ3v) is 9.52. The molecule has 3 aromatic heterocycles. The minimum absolute atomic E-state index is 0.0897. The predicted molar refractivity (Wildman–Crippen MR) is 154 cm³/mol. The Morgan fingerprint density at radius 3 is 2.57 bits per heavy atom. The average molecular weight is 593 g/mol. The number of rotatable bonds is 4. The van der Waals surface area contributed by atoms with Gasteiger partial charge >= 0.3 is 6.18 Å². The van der Waals surface area contributed by atoms with Gasteiger partial charge in [0.2, 0.25) is 5.91 Å². The summed E-state index contributed by atoms with van der Waals surface area (Å²) in [7, 11) is 1.65. The second-order valence-corrected chi connectivity index (χ2v) is 12.4. The number of carbonyl (C=O) groups is 1. The number of thioether (sulfide) groups is 1. The molecular formula is C29H27F3N8OS. The van der Waals surface area contributed by atoms with Gasteiger partial charge in [0, 0.05) is 62.3 Å². The van der Waals surface area contributed by atoms with Crippen molar-refractivity contribution in [1.29, 1.82) is 5.26 Å². The fourth-order valence-electron chi connectivity index (χ4n) is 5.72. The maximum atomic E-state index is 14.2. The van der Waals surface area contributed by atoms with Gasteiger partial charge in [0.05, 0.1) is 26.9 Å². The molecule has 0 bridgehead atoms. The van der Waals surface area contributed by atoms with Crippen LogP contribution < -0.4 is 4.90 Å². The van der Waals surface area contributed by atoms with Gasteiger partial charge in [0.15, 0.2) is 0 Å². The van der Waals surface area contributed by atoms with E-state index in [-0.39, 0.29) is 23.1 Å². The summed E-state index contributed by atoms with van der Waals surface area (Å²) < 4.78 is 43.5. The molecule has 2 aliphatic heterocycles. The molecule has 2 fully saturated rings. The SMILES string of the molecule is CC1CN(c2ncnc3c(-c4cc(C#N)n(C)n4)ccc(-c4cnccc4C(F)(F)F)c23)CCN1C(=O)C1(C)CCS1. The van der Waals surface area contributed by atoms with Crippen molar-refractivity contribution in [3.05, 3.63) is 54.2 Å². The van der Waals surface area contributed by atoms with Crippen LogP contribution in [0.2, 0.25) is 0 Å². The van der Waals surface area contributed by atoms with E-state index in [9.17, 15) is 23.2 Å². The van der Waals surface area contributed by atoms with Gasteiger partial charge in [0.1, 0.15) is 23.9 Å². The van der Waals surface area contributed by atoms with E-state index in [0.29, 0.717) is 53.3 Å². The lowest BCUT2D eigenvalue weighted by molar-refractivity contribution is -0.137. The monoisotopic (exact) mass is 592 g/mol. The number of hydrogen-bond donors (Lipinski definition) is 0. The van der Waals surface area contributed by atoms with Crippen molar-refractivity contribution in [2.45, 2.75) is 37.2 Å². The number of nitriles is 1. The van der Waals surface area contributed by atoms with Gasteiger partial charge in [-0.05, 0) is 43.7 Å². The Hall–Kier alpha value is -4.18. The van der Waals surface area contributed by atoms with Crippen LogP contribution >= 0.6 is 11.8 Å². The highest BCUT2D eigenvalue weighted by molar-refractivity contribution is 8.02. The summed E-state index contributed by atoms with van der Waals surface area (Å²) >= 11 is 1.67. The molecule has 0 N–H and O–H groups in total. The number of piperazine rings is 1. The van der Waals surface area contributed by atoms with Crippen LogP contribution in [0.15, 0.2) is 43.0 Å². The molecule has 13 heteroatoms. The Bertz CT molecular complexity index is 1740. The lowest BCUT2D eigenvalue weighted by Gasteiger charge is -2.46. The van der Waals surface area contributed by atoms with E-state index < -0.39 is 16.5 Å². The summed E-state index contributed by atoms with van der Waals surface area (Å²) in [5.74, 6) is 1.55. The van der Waals surface area contributed by atoms with Crippen LogP contribution in [0.3, 0.4) is 0 Å². The lowest BCUT2D eigenvalue weighted by atomic mass is 9.94. The quantitative estimate of drug-likeness (QED) is 0.329. The molecule has 0 saturated carbocycles. The minimum Gasteiger partial charge on any atom is -0.352 e. The van der Waals surface area contributed by atoms with Crippen LogP contribution in [0.5, 0.6) is 0 Å². The Balaban J connectivity index is 1.51. The summed E-state index contributed by atoms with van der Waals surface area (Å²) in [4.78, 5) is 30.4. The first kappa shape index (κ1) is 28.0. The van der Waals surface area contributed by atoms with E-state index in [2.05, 4.69) is 26.1 Å². The summed E-state index contributed by atoms with van der Waals surface area (Å²) in [6.45, 7) is 5.32. The molecular weight excluding hydrogens is 565 g/mol. The van der Waals surface area contributed by atoms with Gasteiger partial charge in [-0.2, -0.15) is 23.5 Å². The molecule has 9 nitrogen and oxygen atoms in total. The summed E-state index contributed by atoms with van der Waals surface area (Å²) in [5, 5.41) is 14.4. The lowest BCUT2D eigenvalue weighted by Crippen LogP contribution is -2.60. The van der Waals surface area contributed by atoms with Crippen molar-refractivity contribution in [2.24, 2.45) is 7.05 Å². The number of aryl methyl sites for hydroxylation is 1. The molecule has 5 heterocycles. The Morgan fingerprint density at radius 2 is 1.93 bits per heavy atom. The van der Waals surface area contributed by atoms with E-state index in [4.69, 9.17) is 0 Å². The number of fused-ring (bicyclic) bond motifs is 1. The van der Waals surface area contributed by atoms with Crippen molar-refractivity contribution in [3.8, 4) is 28.5 Å². The fourth-order valence-corrected chi connectivity index (χ4v) is 6.78. The second kappa shape index (κ2) is 10.3. The van der Waals surface area contributed by atoms with Crippen LogP contribution in [0, 0.1) is 11.3 Å². The topological polar surface area (TPSA) is 104 Å². The van der Waals surface area contributed by atoms with Crippen LogP contribution in [-0.4, -0.2) is 71.7 Å². The van der Waals surface area contributed by atoms with Gasteiger partial charge in [-0.1, -0.05) is 6.07 Å². The van der Waals surface area contributed by atoms with Crippen LogP contribution in [0.25, 0.3) is 33.3 Å². The first-order valence-electron chi connectivity index (χ1n) is 13.5. The molecule has 6 rings (SSSR count). The largest absolute Gasteiger partial charge is 0.417 e. The van der Waals surface area contributed by atoms with E-state index in [0.717, 1.165) is 24.4 Å². The molecule has 0 aliphatic carbocycles. The number of aromatic nitrogens is 5. The van der Waals surface area contributed by atoms with Crippen molar-refractivity contribution in [3.63, 3.8) is 0 Å². The maximum Gasteiger partial charge on any atom is 0.417 e. The zero-order valence-corrected chi connectivity index (χ0v) is 24.0. The van der Waals surface area contributed by atoms with Gasteiger partial charge in [-0.25, -0.2) is 9.97 Å². The van der Waals surface area contributed by atoms with Gasteiger partial charge in [-0.3, -0.25) is 14.5 Å². The number of pyridine rings is 1. The molecule has 42 heavy (non-hydrogen) atoms. The number of halogens is 3. The minimum atomic E-state index is -4.61. The molecule has 0 spiro atoms. The zero-order chi connectivity index (χ0) is 29.8. The van der Waals surface area contributed by atoms with Crippen molar-refractivity contribution in [1.82, 2.24) is 29.6 Å². The number of nitrogens with zero attached hydrogens (tertiary/aromatic N) is 8. The molecule has 2 atom stereocenters. The number of carbonyl (C=O) groups excluding carboxylic acids is 1. The Kier molecular flexibility index (Phi) is 6.84. The predicted octanol–water partition coefficient (Wildman–Crippen LogP) is 4.92. The molecule has 2 aliphatic rings. The molecule has 216 valence electrons. The fraction of sp³-hybridized carbons (Fsp3) is 0.379. The van der Waals surface area contributed by atoms with E-state index in [1.165, 1.54) is 17.2 Å². The smallest absolute Gasteiger partial charge is 0.352 e. The molecule has 2 unspecified atom stereocenters. The third-order valence-electron chi connectivity index (χ3n) is 8.10. The number of benzene rings is 1. The second-order valence-electron chi connectivity index (χ2n) is 10.8. The zero-order valence-electron chi connectivity index (χ0n) is 23.2. The highest BCUT2D eigenvalue weighted by Gasteiger charge is 2.45. The first-order valence-corrected chi connectivity index (χ1v) is 14.4. The Morgan fingerprint density at radius 1 is 1.17 bits per heavy atom. The van der Waals surface area contributed by atoms with E-state index >= 15 is 0 Å². The number of hydrogen-bond acceptors (Lipinski definition) is 8. The Labute approximate surface area is 244 Å². The molecule has 2 saturated heterocycles. The first-order chi connectivity index (χ1) is 20.0. The molecule has 4 aromatic rings. The number of amides is 1. The summed E-state index contributed by atoms with van der Waals surface area (Å²) in [6.07, 6.45) is -0.0475. The standard InChI is InChI=1S/C29H27F3N8OS/c1-17-15-39(9-10-40(17)27(41)28(2)7-11-42-28)26-24-19(21-14-34-8-6-22(21)29(30,31)32)4-5-20(25(24)35-16-36-26)23-12-18(13-33)38(3)37-23/h4-6,8,12,14,16-17H,7,9-11,15H2,1-3H3. The average Bonchev–Trinajstić information content (AvgIpc) is 3.34. The summed E-state index contributed by atoms with van der Waals surface area (Å²) in [6, 6.07) is 7.80. The van der Waals surface area contributed by atoms with Gasteiger partial charge < -0.3 is 9.80 Å². The maximum absolute atomic E-state index is 14.2.